The van der Waals surface area contributed by atoms with Crippen molar-refractivity contribution in [1.29, 1.82) is 10.5 Å². The minimum atomic E-state index is -1.92. The SMILES string of the molecule is C=CCOC(=O)N1[C@H]2Cc3cc(C)c(OC)c(OCC=C)c3[C@H]1[C@@H]1C3SC[C@H](NC(=O)OCC(Cl)(Cl)Cl)C(=O)OC[C@@H](c4c5c(c(C)c(OC(C)=O)c43)OCO5)N1[C@H]2C#N.COc1c(C)cc2c(c1O)[C@@H]1[C@@H]3C4SC[C@H](NC(=O)OCC(Cl)(Cl)Cl)C(=O)OC[C@@H](c5c6c(c(C)c(OC(C)=O)c54)OCO6)N3[C@@H](C#N)[C@H](C2)N1C. The molecule has 38 heteroatoms. The Morgan fingerprint density at radius 2 is 1.05 bits per heavy atom. The van der Waals surface area contributed by atoms with Gasteiger partial charge in [0, 0.05) is 81.9 Å². The van der Waals surface area contributed by atoms with Gasteiger partial charge in [-0.05, 0) is 69.8 Å². The number of aryl methyl sites for hydroxylation is 2. The molecule has 10 aliphatic heterocycles. The lowest BCUT2D eigenvalue weighted by atomic mass is 9.71. The number of nitrogens with zero attached hydrogens (tertiary/aromatic N) is 6. The van der Waals surface area contributed by atoms with Gasteiger partial charge in [0.15, 0.2) is 46.0 Å². The number of carbonyl (C=O) groups excluding carboxylic acids is 7. The van der Waals surface area contributed by atoms with Crippen molar-refractivity contribution in [3.63, 3.8) is 0 Å². The summed E-state index contributed by atoms with van der Waals surface area (Å²) in [4.78, 5) is 101. The molecule has 4 saturated heterocycles. The van der Waals surface area contributed by atoms with Crippen molar-refractivity contribution in [3.05, 3.63) is 104 Å². The quantitative estimate of drug-likeness (QED) is 0.0368. The van der Waals surface area contributed by atoms with Gasteiger partial charge in [0.2, 0.25) is 21.2 Å². The molecule has 10 heterocycles. The molecule has 3 amide bonds. The highest BCUT2D eigenvalue weighted by Gasteiger charge is 2.65. The van der Waals surface area contributed by atoms with Crippen LogP contribution in [0, 0.1) is 50.4 Å². The molecule has 3 N–H and O–H groups in total. The Kier molecular flexibility index (Phi) is 23.8. The molecule has 0 radical (unpaired) electrons. The second-order valence-electron chi connectivity index (χ2n) is 27.7. The van der Waals surface area contributed by atoms with E-state index in [0.29, 0.717) is 91.2 Å². The van der Waals surface area contributed by atoms with Crippen molar-refractivity contribution in [3.8, 4) is 69.6 Å². The third kappa shape index (κ3) is 14.8. The molecule has 8 bridgehead atoms. The van der Waals surface area contributed by atoms with E-state index in [1.807, 2.05) is 37.9 Å². The number of benzene rings is 4. The number of thioether (sulfide) groups is 2. The van der Waals surface area contributed by atoms with Gasteiger partial charge in [-0.3, -0.25) is 29.2 Å². The van der Waals surface area contributed by atoms with Crippen molar-refractivity contribution < 1.29 is 105 Å². The molecule has 10 aliphatic rings. The molecule has 4 fully saturated rings. The first-order valence-corrected chi connectivity index (χ1v) is 39.5. The fourth-order valence-electron chi connectivity index (χ4n) is 17.3. The molecule has 14 atom stereocenters. The number of rotatable bonds is 13. The molecule has 0 saturated carbocycles. The maximum atomic E-state index is 14.5. The van der Waals surface area contributed by atoms with E-state index < -0.39 is 140 Å². The number of piperazine rings is 2. The van der Waals surface area contributed by atoms with Crippen molar-refractivity contribution in [1.82, 2.24) is 30.2 Å². The number of amides is 3. The Morgan fingerprint density at radius 1 is 0.607 bits per heavy atom. The Bertz CT molecular complexity index is 4650. The number of phenolic OH excluding ortho intramolecular Hbond substituents is 1. The number of hydrogen-bond donors (Lipinski definition) is 3. The Hall–Kier alpha value is -8.25. The summed E-state index contributed by atoms with van der Waals surface area (Å²) in [7, 11) is 4.94. The number of cyclic esters (lactones) is 2. The van der Waals surface area contributed by atoms with Crippen molar-refractivity contribution >= 4 is 135 Å². The highest BCUT2D eigenvalue weighted by molar-refractivity contribution is 7.99. The number of ether oxygens (including phenoxy) is 14. The summed E-state index contributed by atoms with van der Waals surface area (Å²) in [5, 5.41) is 37.6. The molecule has 0 aromatic heterocycles. The van der Waals surface area contributed by atoms with Crippen LogP contribution in [-0.4, -0.2) is 209 Å². The summed E-state index contributed by atoms with van der Waals surface area (Å²) in [6.07, 6.45) is 0.911. The smallest absolute Gasteiger partial charge is 0.411 e. The van der Waals surface area contributed by atoms with E-state index >= 15 is 0 Å². The lowest BCUT2D eigenvalue weighted by Gasteiger charge is -2.61. The number of phenols is 1. The Balaban J connectivity index is 0.000000198. The third-order valence-electron chi connectivity index (χ3n) is 21.2. The van der Waals surface area contributed by atoms with Crippen LogP contribution in [0.1, 0.15) is 115 Å². The first-order valence-electron chi connectivity index (χ1n) is 35.1. The Labute approximate surface area is 681 Å². The molecular weight excluding hydrogens is 1630 g/mol. The van der Waals surface area contributed by atoms with Gasteiger partial charge in [0.05, 0.1) is 73.1 Å². The minimum Gasteiger partial charge on any atom is -0.504 e. The van der Waals surface area contributed by atoms with Gasteiger partial charge < -0.3 is 82.1 Å². The summed E-state index contributed by atoms with van der Waals surface area (Å²) in [6.45, 7) is 15.2. The molecular formula is C74H76Cl6N8O22S2. The number of methoxy groups -OCH3 is 2. The minimum absolute atomic E-state index is 0.00825. The standard InChI is InChI=1S/C40H41Cl3N4O12S.C34H35Cl3N4O10S/c1-7-9-53-34-26-21(11-18(3)31(34)52-6)12-23-24(13-44)46-25-14-55-37(49)22(45-38(50)56-16-40(41,42)43)15-60-36(30(46)29(26)47(23)39(51)54-10-8-2)28-27(25)35-33(57-17-58-35)19(4)32(28)59-20(5)48;1-13-6-16-7-18-19(8-38)41-20-9-47-32(44)17(39-33(45)48-11-34(35,36)37)10-52-31(25(41)24(40(18)4)21(16)26(43)27(13)46-5)23-22(20)30-29(49-12-50-30)14(2)28(23)51-15(3)42/h7-8,11,22-25,29-30,36H,1-2,9-10,12,14-17H2,3-6H3,(H,45,50);6,17-20,24-25,31,43H,7,9-12H2,1-5H3,(H,39,45)/t22-,23-,24-,25-,29-,30+,36?;17-,18-,19-,20-,24+,25+,31?/m00/s1. The molecule has 112 heavy (non-hydrogen) atoms. The first kappa shape index (κ1) is 81.8. The number of carbonyl (C=O) groups is 7. The summed E-state index contributed by atoms with van der Waals surface area (Å²) in [6, 6.07) is -1.21. The highest BCUT2D eigenvalue weighted by atomic mass is 35.6. The molecule has 30 nitrogen and oxygen atoms in total. The number of nitriles is 2. The maximum Gasteiger partial charge on any atom is 0.411 e. The molecule has 4 aromatic carbocycles. The highest BCUT2D eigenvalue weighted by Crippen LogP contribution is 2.67. The predicted octanol–water partition coefficient (Wildman–Crippen LogP) is 10.9. The van der Waals surface area contributed by atoms with Gasteiger partial charge in [-0.25, -0.2) is 24.0 Å². The van der Waals surface area contributed by atoms with E-state index in [-0.39, 0.29) is 81.2 Å². The van der Waals surface area contributed by atoms with E-state index in [2.05, 4.69) is 45.7 Å². The fourth-order valence-corrected chi connectivity index (χ4v) is 20.6. The number of alkyl halides is 6. The van der Waals surface area contributed by atoms with Crippen LogP contribution < -0.4 is 53.3 Å². The topological polar surface area (TPSA) is 354 Å². The van der Waals surface area contributed by atoms with Crippen molar-refractivity contribution in [2.45, 2.75) is 145 Å². The van der Waals surface area contributed by atoms with E-state index in [9.17, 15) is 49.2 Å². The van der Waals surface area contributed by atoms with Gasteiger partial charge in [-0.1, -0.05) is 107 Å². The second-order valence-corrected chi connectivity index (χ2v) is 35.1. The number of nitrogens with one attached hydrogen (secondary N) is 2. The first-order chi connectivity index (χ1) is 53.3. The zero-order chi connectivity index (χ0) is 80.6. The van der Waals surface area contributed by atoms with Crippen LogP contribution in [0.4, 0.5) is 14.4 Å². The fraction of sp³-hybridized carbons (Fsp3) is 0.500. The number of aromatic hydroxyl groups is 1. The average molecular weight is 1710 g/mol. The number of fused-ring (bicyclic) bond motifs is 18. The largest absolute Gasteiger partial charge is 0.504 e. The van der Waals surface area contributed by atoms with Gasteiger partial charge in [0.25, 0.3) is 0 Å². The zero-order valence-electron chi connectivity index (χ0n) is 61.6. The number of halogens is 6. The van der Waals surface area contributed by atoms with E-state index in [4.69, 9.17) is 136 Å². The van der Waals surface area contributed by atoms with Gasteiger partial charge in [-0.2, -0.15) is 10.5 Å². The zero-order valence-corrected chi connectivity index (χ0v) is 67.7. The number of likely N-dealkylation sites (N-methyl/N-ethyl adjacent to an activating group) is 1. The van der Waals surface area contributed by atoms with Gasteiger partial charge in [-0.15, -0.1) is 23.5 Å². The predicted molar refractivity (Wildman–Crippen MR) is 407 cm³/mol. The summed E-state index contributed by atoms with van der Waals surface area (Å²) < 4.78 is 78.3. The monoisotopic (exact) mass is 1700 g/mol. The van der Waals surface area contributed by atoms with Crippen molar-refractivity contribution in [2.24, 2.45) is 0 Å². The van der Waals surface area contributed by atoms with Gasteiger partial charge >= 0.3 is 42.2 Å². The normalized spacial score (nSPS) is 26.2. The maximum absolute atomic E-state index is 14.5. The van der Waals surface area contributed by atoms with Gasteiger partial charge in [0.1, 0.15) is 75.3 Å². The van der Waals surface area contributed by atoms with Crippen LogP contribution in [-0.2, 0) is 55.7 Å². The van der Waals surface area contributed by atoms with Crippen LogP contribution >= 0.6 is 93.1 Å². The average Bonchev–Trinajstić information content (AvgIpc) is 0.860. The van der Waals surface area contributed by atoms with Crippen LogP contribution in [0.2, 0.25) is 0 Å². The molecule has 4 aromatic rings. The van der Waals surface area contributed by atoms with Crippen LogP contribution in [0.25, 0.3) is 0 Å². The Morgan fingerprint density at radius 3 is 1.51 bits per heavy atom. The van der Waals surface area contributed by atoms with E-state index in [0.717, 1.165) is 22.3 Å². The molecule has 0 aliphatic carbocycles. The lowest BCUT2D eigenvalue weighted by molar-refractivity contribution is -0.152. The van der Waals surface area contributed by atoms with E-state index in [1.165, 1.54) is 57.7 Å². The second kappa shape index (κ2) is 32.6. The number of alkyl carbamates (subject to hydrolysis) is 2. The lowest BCUT2D eigenvalue weighted by Crippen LogP contribution is -2.71. The summed E-state index contributed by atoms with van der Waals surface area (Å²) in [5.74, 6) is -0.0156. The molecule has 2 unspecified atom stereocenters. The third-order valence-corrected chi connectivity index (χ3v) is 24.6. The number of hydrogen-bond acceptors (Lipinski definition) is 29. The summed E-state index contributed by atoms with van der Waals surface area (Å²) in [5.41, 5.74) is 7.54. The number of esters is 4. The summed E-state index contributed by atoms with van der Waals surface area (Å²) >= 11 is 37.2. The van der Waals surface area contributed by atoms with E-state index in [1.54, 1.807) is 24.8 Å². The molecule has 14 rings (SSSR count). The molecule has 598 valence electrons. The van der Waals surface area contributed by atoms with Crippen LogP contribution in [0.3, 0.4) is 0 Å². The molecule has 0 spiro atoms. The van der Waals surface area contributed by atoms with Crippen LogP contribution in [0.5, 0.6) is 57.5 Å². The van der Waals surface area contributed by atoms with Crippen molar-refractivity contribution in [2.75, 3.05) is 86.0 Å². The van der Waals surface area contributed by atoms with Crippen LogP contribution in [0.15, 0.2) is 37.4 Å².